The molecule has 1 heterocycles. The molecule has 0 aromatic rings. The topological polar surface area (TPSA) is 95.8 Å². The Balaban J connectivity index is 2.39. The van der Waals surface area contributed by atoms with Gasteiger partial charge >= 0.3 is 5.97 Å². The van der Waals surface area contributed by atoms with Crippen molar-refractivity contribution in [3.05, 3.63) is 11.6 Å². The molecule has 0 amide bonds. The molecule has 0 radical (unpaired) electrons. The summed E-state index contributed by atoms with van der Waals surface area (Å²) in [6.45, 7) is 3.35. The number of methoxy groups -OCH3 is 3. The molecule has 1 aliphatic heterocycles. The Bertz CT molecular complexity index is 517. The van der Waals surface area contributed by atoms with E-state index in [1.807, 2.05) is 0 Å². The maximum absolute atomic E-state index is 11.7. The summed E-state index contributed by atoms with van der Waals surface area (Å²) in [7, 11) is 4.22. The minimum absolute atomic E-state index is 0.165. The highest BCUT2D eigenvalue weighted by Gasteiger charge is 2.58. The second-order valence-corrected chi connectivity index (χ2v) is 5.38. The predicted molar refractivity (Wildman–Crippen MR) is 74.5 cm³/mol. The van der Waals surface area contributed by atoms with E-state index in [1.165, 1.54) is 27.4 Å². The number of esters is 1. The Kier molecular flexibility index (Phi) is 4.57. The lowest BCUT2D eigenvalue weighted by atomic mass is 9.89. The fourth-order valence-electron chi connectivity index (χ4n) is 2.64. The molecule has 0 aromatic heterocycles. The van der Waals surface area contributed by atoms with Gasteiger partial charge in [0.2, 0.25) is 11.6 Å². The van der Waals surface area contributed by atoms with Gasteiger partial charge in [-0.2, -0.15) is 0 Å². The highest BCUT2D eigenvalue weighted by molar-refractivity contribution is 6.06. The Hall–Kier alpha value is -1.48. The molecule has 2 rings (SSSR count). The van der Waals surface area contributed by atoms with Crippen molar-refractivity contribution >= 4 is 11.7 Å². The molecule has 4 atom stereocenters. The summed E-state index contributed by atoms with van der Waals surface area (Å²) in [6.07, 6.45) is 0.418. The second kappa shape index (κ2) is 5.96. The highest BCUT2D eigenvalue weighted by Crippen LogP contribution is 2.42. The van der Waals surface area contributed by atoms with Crippen molar-refractivity contribution in [3.63, 3.8) is 0 Å². The van der Waals surface area contributed by atoms with E-state index >= 15 is 0 Å². The lowest BCUT2D eigenvalue weighted by Gasteiger charge is -2.52. The van der Waals surface area contributed by atoms with Crippen LogP contribution in [0.1, 0.15) is 20.3 Å². The van der Waals surface area contributed by atoms with E-state index in [0.29, 0.717) is 5.57 Å². The minimum Gasteiger partial charge on any atom is -0.466 e. The largest absolute Gasteiger partial charge is 0.466 e. The Morgan fingerprint density at radius 1 is 1.27 bits per heavy atom. The lowest BCUT2D eigenvalue weighted by Crippen LogP contribution is -2.67. The summed E-state index contributed by atoms with van der Waals surface area (Å²) in [5, 5.41) is 12.4. The van der Waals surface area contributed by atoms with Gasteiger partial charge in [0.15, 0.2) is 0 Å². The van der Waals surface area contributed by atoms with Crippen molar-refractivity contribution in [2.75, 3.05) is 21.3 Å². The van der Waals surface area contributed by atoms with Gasteiger partial charge in [-0.1, -0.05) is 5.16 Å². The van der Waals surface area contributed by atoms with E-state index in [2.05, 4.69) is 5.16 Å². The molecule has 0 spiro atoms. The van der Waals surface area contributed by atoms with Gasteiger partial charge in [-0.15, -0.1) is 0 Å². The van der Waals surface area contributed by atoms with Crippen LogP contribution in [-0.4, -0.2) is 62.0 Å². The minimum atomic E-state index is -1.21. The van der Waals surface area contributed by atoms with E-state index < -0.39 is 29.8 Å². The van der Waals surface area contributed by atoms with E-state index in [1.54, 1.807) is 13.8 Å². The summed E-state index contributed by atoms with van der Waals surface area (Å²) in [6, 6.07) is 0. The SMILES string of the molecule is COC(=O)C1=CC(=NO)[C@H]2O[C@](C)(OC)[C@@](C)(OC)O[C@@H]2C1. The van der Waals surface area contributed by atoms with Crippen LogP contribution in [0, 0.1) is 0 Å². The molecule has 0 saturated carbocycles. The first-order valence-electron chi connectivity index (χ1n) is 6.81. The van der Waals surface area contributed by atoms with Gasteiger partial charge in [0.1, 0.15) is 11.8 Å². The molecular weight excluding hydrogens is 294 g/mol. The molecule has 2 aliphatic rings. The molecule has 1 fully saturated rings. The van der Waals surface area contributed by atoms with Crippen molar-refractivity contribution in [1.29, 1.82) is 0 Å². The third-order valence-electron chi connectivity index (χ3n) is 4.27. The number of fused-ring (bicyclic) bond motifs is 1. The number of nitrogens with zero attached hydrogens (tertiary/aromatic N) is 1. The summed E-state index contributed by atoms with van der Waals surface area (Å²) in [4.78, 5) is 11.7. The van der Waals surface area contributed by atoms with Crippen molar-refractivity contribution < 1.29 is 33.7 Å². The number of oxime groups is 1. The van der Waals surface area contributed by atoms with E-state index in [0.717, 1.165) is 0 Å². The van der Waals surface area contributed by atoms with Crippen molar-refractivity contribution in [3.8, 4) is 0 Å². The number of hydrogen-bond donors (Lipinski definition) is 1. The second-order valence-electron chi connectivity index (χ2n) is 5.38. The van der Waals surface area contributed by atoms with Gasteiger partial charge in [-0.25, -0.2) is 4.79 Å². The maximum Gasteiger partial charge on any atom is 0.333 e. The first-order chi connectivity index (χ1) is 10.3. The van der Waals surface area contributed by atoms with Crippen molar-refractivity contribution in [1.82, 2.24) is 0 Å². The van der Waals surface area contributed by atoms with Crippen LogP contribution in [0.5, 0.6) is 0 Å². The quantitative estimate of drug-likeness (QED) is 0.468. The fourth-order valence-corrected chi connectivity index (χ4v) is 2.64. The van der Waals surface area contributed by atoms with Crippen molar-refractivity contribution in [2.24, 2.45) is 5.16 Å². The maximum atomic E-state index is 11.7. The molecule has 0 bridgehead atoms. The molecule has 124 valence electrons. The average Bonchev–Trinajstić information content (AvgIpc) is 2.54. The van der Waals surface area contributed by atoms with Crippen molar-refractivity contribution in [2.45, 2.75) is 44.1 Å². The van der Waals surface area contributed by atoms with Gasteiger partial charge in [-0.3, -0.25) is 0 Å². The van der Waals surface area contributed by atoms with Crippen LogP contribution in [0.15, 0.2) is 16.8 Å². The zero-order valence-corrected chi connectivity index (χ0v) is 13.3. The summed E-state index contributed by atoms with van der Waals surface area (Å²) in [5.74, 6) is -2.92. The average molecular weight is 315 g/mol. The summed E-state index contributed by atoms with van der Waals surface area (Å²) < 4.78 is 27.4. The lowest BCUT2D eigenvalue weighted by molar-refractivity contribution is -0.439. The molecule has 22 heavy (non-hydrogen) atoms. The standard InChI is InChI=1S/C14H21NO7/c1-13(19-4)14(2,20-5)22-11-9(15-17)6-8(12(16)18-3)7-10(11)21-13/h6,10-11,17H,7H2,1-5H3/t10-,11-,13+,14+/m1/s1. The smallest absolute Gasteiger partial charge is 0.333 e. The first-order valence-corrected chi connectivity index (χ1v) is 6.81. The summed E-state index contributed by atoms with van der Waals surface area (Å²) >= 11 is 0. The number of carbonyl (C=O) groups excluding carboxylic acids is 1. The normalized spacial score (nSPS) is 40.0. The number of ether oxygens (including phenoxy) is 5. The molecule has 1 aliphatic carbocycles. The van der Waals surface area contributed by atoms with Gasteiger partial charge in [0, 0.05) is 26.2 Å². The molecule has 1 saturated heterocycles. The van der Waals surface area contributed by atoms with Gasteiger partial charge in [0.05, 0.1) is 13.2 Å². The number of hydrogen-bond acceptors (Lipinski definition) is 8. The number of carbonyl (C=O) groups is 1. The predicted octanol–water partition coefficient (Wildman–Crippen LogP) is 0.829. The third-order valence-corrected chi connectivity index (χ3v) is 4.27. The first kappa shape index (κ1) is 16.9. The van der Waals surface area contributed by atoms with E-state index in [4.69, 9.17) is 23.7 Å². The molecule has 8 heteroatoms. The Labute approximate surface area is 128 Å². The monoisotopic (exact) mass is 315 g/mol. The van der Waals surface area contributed by atoms with Crippen LogP contribution >= 0.6 is 0 Å². The molecule has 1 N–H and O–H groups in total. The fraction of sp³-hybridized carbons (Fsp3) is 0.714. The van der Waals surface area contributed by atoms with Crippen LogP contribution in [0.25, 0.3) is 0 Å². The van der Waals surface area contributed by atoms with E-state index in [-0.39, 0.29) is 12.1 Å². The molecule has 0 aromatic carbocycles. The van der Waals surface area contributed by atoms with Gasteiger partial charge < -0.3 is 28.9 Å². The van der Waals surface area contributed by atoms with Crippen LogP contribution in [0.4, 0.5) is 0 Å². The third kappa shape index (κ3) is 2.52. The van der Waals surface area contributed by atoms with E-state index in [9.17, 15) is 10.0 Å². The van der Waals surface area contributed by atoms with Crippen LogP contribution in [0.3, 0.4) is 0 Å². The Morgan fingerprint density at radius 2 is 1.86 bits per heavy atom. The molecule has 0 unspecified atom stereocenters. The molecular formula is C14H21NO7. The molecule has 8 nitrogen and oxygen atoms in total. The van der Waals surface area contributed by atoms with Crippen LogP contribution in [0.2, 0.25) is 0 Å². The summed E-state index contributed by atoms with van der Waals surface area (Å²) in [5.41, 5.74) is 0.498. The van der Waals surface area contributed by atoms with Gasteiger partial charge in [0.25, 0.3) is 0 Å². The number of rotatable bonds is 3. The zero-order valence-electron chi connectivity index (χ0n) is 13.3. The Morgan fingerprint density at radius 3 is 2.36 bits per heavy atom. The zero-order chi connectivity index (χ0) is 16.5. The van der Waals surface area contributed by atoms with Crippen LogP contribution < -0.4 is 0 Å². The van der Waals surface area contributed by atoms with Gasteiger partial charge in [-0.05, 0) is 19.9 Å². The van der Waals surface area contributed by atoms with Crippen LogP contribution in [-0.2, 0) is 28.5 Å². The highest BCUT2D eigenvalue weighted by atomic mass is 16.8.